The number of nitrogens with two attached hydrogens (primary N) is 1. The highest BCUT2D eigenvalue weighted by Gasteiger charge is 2.46. The summed E-state index contributed by atoms with van der Waals surface area (Å²) in [5, 5.41) is 13.8. The molecule has 7 amide bonds. The van der Waals surface area contributed by atoms with Crippen LogP contribution in [0.3, 0.4) is 0 Å². The number of hydrogen-bond donors (Lipinski definition) is 6. The van der Waals surface area contributed by atoms with Crippen molar-refractivity contribution in [2.75, 3.05) is 53.5 Å². The number of likely N-dealkylation sites (tertiary alicyclic amines) is 1. The summed E-state index contributed by atoms with van der Waals surface area (Å²) in [6, 6.07) is -2.91. The zero-order valence-electron chi connectivity index (χ0n) is 27.8. The maximum atomic E-state index is 13.7. The van der Waals surface area contributed by atoms with Crippen LogP contribution >= 0.6 is 0 Å². The molecule has 0 aromatic heterocycles. The minimum absolute atomic E-state index is 0.0132. The highest BCUT2D eigenvalue weighted by Crippen LogP contribution is 2.35. The Labute approximate surface area is 270 Å². The maximum absolute atomic E-state index is 13.7. The van der Waals surface area contributed by atoms with Crippen molar-refractivity contribution in [3.05, 3.63) is 0 Å². The number of nitrogens with one attached hydrogen (secondary N) is 5. The molecule has 2 heterocycles. The summed E-state index contributed by atoms with van der Waals surface area (Å²) < 4.78 is 0. The summed E-state index contributed by atoms with van der Waals surface area (Å²) in [7, 11) is 3.26. The fourth-order valence-electron chi connectivity index (χ4n) is 6.28. The Morgan fingerprint density at radius 3 is 2.20 bits per heavy atom. The number of hydrogen-bond acceptors (Lipinski definition) is 9. The van der Waals surface area contributed by atoms with Crippen molar-refractivity contribution < 1.29 is 33.6 Å². The van der Waals surface area contributed by atoms with E-state index in [1.54, 1.807) is 46.7 Å². The molecule has 1 aliphatic carbocycles. The Kier molecular flexibility index (Phi) is 12.5. The molecule has 0 aromatic carbocycles. The molecule has 258 valence electrons. The van der Waals surface area contributed by atoms with Crippen LogP contribution in [-0.2, 0) is 33.6 Å². The first kappa shape index (κ1) is 36.7. The molecule has 6 unspecified atom stereocenters. The van der Waals surface area contributed by atoms with Crippen molar-refractivity contribution in [1.29, 1.82) is 0 Å². The van der Waals surface area contributed by atoms with E-state index in [0.29, 0.717) is 32.4 Å². The molecule has 46 heavy (non-hydrogen) atoms. The SMILES string of the molecule is CNCC(=O)NC(C(=O)N1CC(NC(=O)C2CCCC2C(=O)N2CCN(C(=O)CNC(=O)C(C)NC)C2)CC1C(N)=O)C(C)(C)C. The number of amides is 7. The molecule has 3 rings (SSSR count). The number of primary amides is 1. The van der Waals surface area contributed by atoms with Gasteiger partial charge in [-0.2, -0.15) is 0 Å². The normalized spacial score (nSPS) is 24.3. The quantitative estimate of drug-likeness (QED) is 0.128. The van der Waals surface area contributed by atoms with Crippen LogP contribution in [0.2, 0.25) is 0 Å². The first-order valence-corrected chi connectivity index (χ1v) is 15.9. The largest absolute Gasteiger partial charge is 0.368 e. The molecule has 3 fully saturated rings. The lowest BCUT2D eigenvalue weighted by molar-refractivity contribution is -0.143. The summed E-state index contributed by atoms with van der Waals surface area (Å²) in [5.74, 6) is -3.84. The summed E-state index contributed by atoms with van der Waals surface area (Å²) in [4.78, 5) is 94.5. The third kappa shape index (κ3) is 8.93. The minimum Gasteiger partial charge on any atom is -0.368 e. The van der Waals surface area contributed by atoms with Crippen LogP contribution in [0.4, 0.5) is 0 Å². The Balaban J connectivity index is 1.61. The van der Waals surface area contributed by atoms with Crippen molar-refractivity contribution >= 4 is 41.4 Å². The van der Waals surface area contributed by atoms with Gasteiger partial charge in [-0.25, -0.2) is 0 Å². The van der Waals surface area contributed by atoms with Crippen molar-refractivity contribution in [3.63, 3.8) is 0 Å². The summed E-state index contributed by atoms with van der Waals surface area (Å²) in [6.45, 7) is 7.71. The van der Waals surface area contributed by atoms with Gasteiger partial charge < -0.3 is 47.0 Å². The van der Waals surface area contributed by atoms with E-state index in [9.17, 15) is 33.6 Å². The molecule has 6 atom stereocenters. The topological polar surface area (TPSA) is 215 Å². The predicted molar refractivity (Wildman–Crippen MR) is 167 cm³/mol. The van der Waals surface area contributed by atoms with E-state index in [4.69, 9.17) is 5.73 Å². The van der Waals surface area contributed by atoms with Gasteiger partial charge in [0.05, 0.1) is 25.8 Å². The molecule has 16 heteroatoms. The second kappa shape index (κ2) is 15.7. The van der Waals surface area contributed by atoms with Gasteiger partial charge in [-0.3, -0.25) is 33.6 Å². The molecule has 0 bridgehead atoms. The first-order valence-electron chi connectivity index (χ1n) is 15.9. The van der Waals surface area contributed by atoms with Gasteiger partial charge in [-0.1, -0.05) is 27.2 Å². The molecule has 0 spiro atoms. The van der Waals surface area contributed by atoms with E-state index >= 15 is 0 Å². The van der Waals surface area contributed by atoms with Gasteiger partial charge in [0.1, 0.15) is 12.1 Å². The second-order valence-corrected chi connectivity index (χ2v) is 13.5. The summed E-state index contributed by atoms with van der Waals surface area (Å²) >= 11 is 0. The van der Waals surface area contributed by atoms with Gasteiger partial charge in [-0.15, -0.1) is 0 Å². The van der Waals surface area contributed by atoms with Crippen molar-refractivity contribution in [2.24, 2.45) is 23.0 Å². The fourth-order valence-corrected chi connectivity index (χ4v) is 6.28. The van der Waals surface area contributed by atoms with Crippen LogP contribution in [0.25, 0.3) is 0 Å². The van der Waals surface area contributed by atoms with Gasteiger partial charge in [0.15, 0.2) is 0 Å². The Hall–Kier alpha value is -3.79. The predicted octanol–water partition coefficient (Wildman–Crippen LogP) is -2.92. The van der Waals surface area contributed by atoms with Crippen LogP contribution in [0.15, 0.2) is 0 Å². The third-order valence-corrected chi connectivity index (χ3v) is 9.07. The average molecular weight is 650 g/mol. The van der Waals surface area contributed by atoms with Gasteiger partial charge in [0, 0.05) is 37.5 Å². The van der Waals surface area contributed by atoms with E-state index < -0.39 is 53.2 Å². The van der Waals surface area contributed by atoms with Crippen LogP contribution in [-0.4, -0.2) is 134 Å². The molecule has 7 N–H and O–H groups in total. The number of nitrogens with zero attached hydrogens (tertiary/aromatic N) is 3. The maximum Gasteiger partial charge on any atom is 0.246 e. The standard InChI is InChI=1S/C30H51N9O7/c1-17(33-6)26(43)34-14-23(41)37-10-11-38(16-37)28(45)20-9-7-8-19(20)27(44)35-18-12-21(25(31)42)39(15-18)29(46)24(30(2,3)4)36-22(40)13-32-5/h17-21,24,32-33H,7-16H2,1-6H3,(H2,31,42)(H,34,43)(H,35,44)(H,36,40). The Bertz CT molecular complexity index is 1190. The lowest BCUT2D eigenvalue weighted by atomic mass is 9.85. The highest BCUT2D eigenvalue weighted by atomic mass is 16.2. The zero-order chi connectivity index (χ0) is 34.3. The minimum atomic E-state index is -0.968. The highest BCUT2D eigenvalue weighted by molar-refractivity contribution is 5.94. The van der Waals surface area contributed by atoms with E-state index in [-0.39, 0.29) is 62.3 Å². The van der Waals surface area contributed by atoms with E-state index in [2.05, 4.69) is 26.6 Å². The van der Waals surface area contributed by atoms with Gasteiger partial charge in [-0.05, 0) is 45.7 Å². The number of rotatable bonds is 12. The molecule has 16 nitrogen and oxygen atoms in total. The fraction of sp³-hybridized carbons (Fsp3) is 0.767. The van der Waals surface area contributed by atoms with Gasteiger partial charge in [0.2, 0.25) is 41.4 Å². The van der Waals surface area contributed by atoms with Gasteiger partial charge >= 0.3 is 0 Å². The van der Waals surface area contributed by atoms with Crippen molar-refractivity contribution in [3.8, 4) is 0 Å². The second-order valence-electron chi connectivity index (χ2n) is 13.5. The Morgan fingerprint density at radius 1 is 0.935 bits per heavy atom. The smallest absolute Gasteiger partial charge is 0.246 e. The van der Waals surface area contributed by atoms with Crippen LogP contribution < -0.4 is 32.3 Å². The number of likely N-dealkylation sites (N-methyl/N-ethyl adjacent to an activating group) is 2. The molecule has 0 radical (unpaired) electrons. The molecule has 0 aromatic rings. The van der Waals surface area contributed by atoms with E-state index in [0.717, 1.165) is 0 Å². The molecule has 2 aliphatic heterocycles. The van der Waals surface area contributed by atoms with Crippen molar-refractivity contribution in [2.45, 2.75) is 77.5 Å². The molecular weight excluding hydrogens is 598 g/mol. The van der Waals surface area contributed by atoms with Crippen LogP contribution in [0.1, 0.15) is 53.4 Å². The summed E-state index contributed by atoms with van der Waals surface area (Å²) in [5.41, 5.74) is 5.00. The number of carbonyl (C=O) groups excluding carboxylic acids is 7. The third-order valence-electron chi connectivity index (χ3n) is 9.07. The van der Waals surface area contributed by atoms with Crippen LogP contribution in [0, 0.1) is 17.3 Å². The zero-order valence-corrected chi connectivity index (χ0v) is 27.8. The molecule has 1 saturated carbocycles. The summed E-state index contributed by atoms with van der Waals surface area (Å²) in [6.07, 6.45) is 1.83. The van der Waals surface area contributed by atoms with Crippen molar-refractivity contribution in [1.82, 2.24) is 41.3 Å². The molecule has 2 saturated heterocycles. The Morgan fingerprint density at radius 2 is 1.59 bits per heavy atom. The molecular formula is C30H51N9O7. The average Bonchev–Trinajstić information content (AvgIpc) is 3.77. The lowest BCUT2D eigenvalue weighted by Crippen LogP contribution is -2.58. The van der Waals surface area contributed by atoms with E-state index in [1.165, 1.54) is 9.80 Å². The van der Waals surface area contributed by atoms with E-state index in [1.807, 2.05) is 0 Å². The first-order chi connectivity index (χ1) is 21.6. The van der Waals surface area contributed by atoms with Crippen LogP contribution in [0.5, 0.6) is 0 Å². The number of carbonyl (C=O) groups is 7. The monoisotopic (exact) mass is 649 g/mol. The van der Waals surface area contributed by atoms with Gasteiger partial charge in [0.25, 0.3) is 0 Å². The molecule has 3 aliphatic rings. The lowest BCUT2D eigenvalue weighted by Gasteiger charge is -2.35.